The molecule has 0 fully saturated rings. The molecular formula is C9H11N3S. The number of hydrogen-bond acceptors (Lipinski definition) is 3. The van der Waals surface area contributed by atoms with E-state index in [0.717, 1.165) is 18.5 Å². The lowest BCUT2D eigenvalue weighted by Crippen LogP contribution is -1.91. The first-order valence-corrected chi connectivity index (χ1v) is 4.91. The van der Waals surface area contributed by atoms with Crippen LogP contribution in [0.3, 0.4) is 0 Å². The molecule has 0 amide bonds. The van der Waals surface area contributed by atoms with Gasteiger partial charge in [0.2, 0.25) is 0 Å². The second-order valence-corrected chi connectivity index (χ2v) is 3.21. The quantitative estimate of drug-likeness (QED) is 0.727. The first-order chi connectivity index (χ1) is 6.40. The molecule has 0 radical (unpaired) electrons. The molecule has 3 nitrogen and oxygen atoms in total. The van der Waals surface area contributed by atoms with Crippen LogP contribution in [0.25, 0.3) is 5.57 Å². The molecule has 1 aliphatic carbocycles. The molecule has 2 rings (SSSR count). The predicted octanol–water partition coefficient (Wildman–Crippen LogP) is 1.90. The van der Waals surface area contributed by atoms with E-state index in [0.29, 0.717) is 5.88 Å². The van der Waals surface area contributed by atoms with E-state index in [2.05, 4.69) is 41.2 Å². The predicted molar refractivity (Wildman–Crippen MR) is 55.4 cm³/mol. The zero-order valence-corrected chi connectivity index (χ0v) is 8.11. The molecule has 0 atom stereocenters. The number of aromatic nitrogens is 3. The largest absolute Gasteiger partial charge is 0.242 e. The van der Waals surface area contributed by atoms with Crippen LogP contribution < -0.4 is 0 Å². The Morgan fingerprint density at radius 3 is 3.00 bits per heavy atom. The van der Waals surface area contributed by atoms with E-state index in [1.807, 2.05) is 6.20 Å². The minimum absolute atomic E-state index is 0.573. The molecule has 4 heteroatoms. The Balaban J connectivity index is 2.24. The van der Waals surface area contributed by atoms with Crippen LogP contribution >= 0.6 is 12.6 Å². The summed E-state index contributed by atoms with van der Waals surface area (Å²) in [5.74, 6) is 0.573. The van der Waals surface area contributed by atoms with Crippen molar-refractivity contribution in [3.8, 4) is 0 Å². The van der Waals surface area contributed by atoms with Gasteiger partial charge in [-0.2, -0.15) is 12.6 Å². The Bertz CT molecular complexity index is 351. The number of nitrogens with zero attached hydrogens (tertiary/aromatic N) is 3. The van der Waals surface area contributed by atoms with Gasteiger partial charge in [0.05, 0.1) is 12.1 Å². The highest BCUT2D eigenvalue weighted by Gasteiger charge is 2.04. The molecule has 0 aromatic carbocycles. The van der Waals surface area contributed by atoms with Crippen molar-refractivity contribution in [2.24, 2.45) is 0 Å². The van der Waals surface area contributed by atoms with E-state index in [9.17, 15) is 0 Å². The molecule has 68 valence electrons. The van der Waals surface area contributed by atoms with Gasteiger partial charge in [0.25, 0.3) is 0 Å². The van der Waals surface area contributed by atoms with Gasteiger partial charge in [-0.1, -0.05) is 23.4 Å². The summed E-state index contributed by atoms with van der Waals surface area (Å²) in [6.07, 6.45) is 10.6. The van der Waals surface area contributed by atoms with E-state index < -0.39 is 0 Å². The lowest BCUT2D eigenvalue weighted by molar-refractivity contribution is 0.704. The Hall–Kier alpha value is -1.03. The average molecular weight is 193 g/mol. The van der Waals surface area contributed by atoms with Gasteiger partial charge in [0.15, 0.2) is 0 Å². The number of hydrogen-bond donors (Lipinski definition) is 1. The summed E-state index contributed by atoms with van der Waals surface area (Å²) in [6.45, 7) is 0. The summed E-state index contributed by atoms with van der Waals surface area (Å²) in [6, 6.07) is 0. The van der Waals surface area contributed by atoms with Crippen LogP contribution in [0.5, 0.6) is 0 Å². The van der Waals surface area contributed by atoms with Crippen LogP contribution in [-0.2, 0) is 5.88 Å². The van der Waals surface area contributed by atoms with E-state index in [1.54, 1.807) is 4.68 Å². The Morgan fingerprint density at radius 1 is 1.46 bits per heavy atom. The van der Waals surface area contributed by atoms with Gasteiger partial charge in [-0.05, 0) is 18.4 Å². The van der Waals surface area contributed by atoms with Gasteiger partial charge in [-0.3, -0.25) is 0 Å². The normalized spacial score (nSPS) is 15.9. The SMILES string of the molecule is SCn1cc(C2=CCCC=C2)nn1. The Kier molecular flexibility index (Phi) is 2.49. The Morgan fingerprint density at radius 2 is 2.38 bits per heavy atom. The molecule has 13 heavy (non-hydrogen) atoms. The van der Waals surface area contributed by atoms with Crippen LogP contribution in [0, 0.1) is 0 Å². The molecule has 1 heterocycles. The van der Waals surface area contributed by atoms with Crippen LogP contribution in [0.2, 0.25) is 0 Å². The van der Waals surface area contributed by atoms with Crippen molar-refractivity contribution in [1.29, 1.82) is 0 Å². The smallest absolute Gasteiger partial charge is 0.112 e. The fourth-order valence-electron chi connectivity index (χ4n) is 1.30. The maximum atomic E-state index is 4.11. The number of thiol groups is 1. The van der Waals surface area contributed by atoms with Crippen molar-refractivity contribution in [1.82, 2.24) is 15.0 Å². The van der Waals surface area contributed by atoms with E-state index in [-0.39, 0.29) is 0 Å². The topological polar surface area (TPSA) is 30.7 Å². The zero-order valence-electron chi connectivity index (χ0n) is 7.22. The minimum Gasteiger partial charge on any atom is -0.242 e. The van der Waals surface area contributed by atoms with Crippen LogP contribution in [-0.4, -0.2) is 15.0 Å². The van der Waals surface area contributed by atoms with Gasteiger partial charge >= 0.3 is 0 Å². The third kappa shape index (κ3) is 1.83. The molecule has 0 aliphatic heterocycles. The average Bonchev–Trinajstić information content (AvgIpc) is 2.67. The standard InChI is InChI=1S/C9H11N3S/c13-7-12-6-9(10-11-12)8-4-2-1-3-5-8/h2,4-6,13H,1,3,7H2. The summed E-state index contributed by atoms with van der Waals surface area (Å²) in [5, 5.41) is 7.98. The van der Waals surface area contributed by atoms with Gasteiger partial charge < -0.3 is 0 Å². The maximum absolute atomic E-state index is 4.11. The maximum Gasteiger partial charge on any atom is 0.112 e. The highest BCUT2D eigenvalue weighted by atomic mass is 32.1. The summed E-state index contributed by atoms with van der Waals surface area (Å²) in [5.41, 5.74) is 2.10. The van der Waals surface area contributed by atoms with E-state index in [4.69, 9.17) is 0 Å². The first kappa shape index (κ1) is 8.56. The fourth-order valence-corrected chi connectivity index (χ4v) is 1.44. The third-order valence-corrected chi connectivity index (χ3v) is 2.26. The van der Waals surface area contributed by atoms with Crippen LogP contribution in [0.1, 0.15) is 18.5 Å². The van der Waals surface area contributed by atoms with Crippen molar-refractivity contribution in [3.05, 3.63) is 30.1 Å². The third-order valence-electron chi connectivity index (χ3n) is 1.97. The Labute approximate surface area is 82.6 Å². The lowest BCUT2D eigenvalue weighted by atomic mass is 10.1. The van der Waals surface area contributed by atoms with Crippen LogP contribution in [0.4, 0.5) is 0 Å². The van der Waals surface area contributed by atoms with Gasteiger partial charge in [-0.15, -0.1) is 5.10 Å². The molecule has 0 saturated carbocycles. The molecule has 0 saturated heterocycles. The van der Waals surface area contributed by atoms with Crippen molar-refractivity contribution >= 4 is 18.2 Å². The van der Waals surface area contributed by atoms with Gasteiger partial charge in [-0.25, -0.2) is 4.68 Å². The molecule has 0 N–H and O–H groups in total. The summed E-state index contributed by atoms with van der Waals surface area (Å²) < 4.78 is 1.71. The molecular weight excluding hydrogens is 182 g/mol. The highest BCUT2D eigenvalue weighted by Crippen LogP contribution is 2.18. The lowest BCUT2D eigenvalue weighted by Gasteiger charge is -2.01. The number of allylic oxidation sites excluding steroid dienone is 4. The van der Waals surface area contributed by atoms with Crippen molar-refractivity contribution in [2.75, 3.05) is 0 Å². The molecule has 1 aliphatic rings. The molecule has 0 spiro atoms. The van der Waals surface area contributed by atoms with Crippen LogP contribution in [0.15, 0.2) is 24.4 Å². The zero-order chi connectivity index (χ0) is 9.10. The van der Waals surface area contributed by atoms with E-state index in [1.165, 1.54) is 5.57 Å². The van der Waals surface area contributed by atoms with E-state index >= 15 is 0 Å². The van der Waals surface area contributed by atoms with Crippen molar-refractivity contribution in [3.63, 3.8) is 0 Å². The summed E-state index contributed by atoms with van der Waals surface area (Å²) in [7, 11) is 0. The molecule has 1 aromatic rings. The first-order valence-electron chi connectivity index (χ1n) is 4.28. The van der Waals surface area contributed by atoms with Crippen molar-refractivity contribution in [2.45, 2.75) is 18.7 Å². The minimum atomic E-state index is 0.573. The van der Waals surface area contributed by atoms with Gasteiger partial charge in [0, 0.05) is 0 Å². The number of rotatable bonds is 2. The van der Waals surface area contributed by atoms with Crippen molar-refractivity contribution < 1.29 is 0 Å². The second kappa shape index (κ2) is 3.79. The molecule has 0 unspecified atom stereocenters. The highest BCUT2D eigenvalue weighted by molar-refractivity contribution is 7.79. The summed E-state index contributed by atoms with van der Waals surface area (Å²) >= 11 is 4.11. The monoisotopic (exact) mass is 193 g/mol. The fraction of sp³-hybridized carbons (Fsp3) is 0.333. The molecule has 1 aromatic heterocycles. The summed E-state index contributed by atoms with van der Waals surface area (Å²) in [4.78, 5) is 0. The van der Waals surface area contributed by atoms with Gasteiger partial charge in [0.1, 0.15) is 5.69 Å². The molecule has 0 bridgehead atoms. The second-order valence-electron chi connectivity index (χ2n) is 2.92.